The van der Waals surface area contributed by atoms with Gasteiger partial charge in [0.25, 0.3) is 0 Å². The zero-order valence-corrected chi connectivity index (χ0v) is 12.0. The number of ether oxygens (including phenoxy) is 1. The number of carbonyl (C=O) groups excluding carboxylic acids is 2. The van der Waals surface area contributed by atoms with Crippen molar-refractivity contribution in [2.24, 2.45) is 11.3 Å². The Morgan fingerprint density at radius 2 is 2.06 bits per heavy atom. The van der Waals surface area contributed by atoms with Crippen LogP contribution >= 0.6 is 0 Å². The highest BCUT2D eigenvalue weighted by molar-refractivity contribution is 5.82. The highest BCUT2D eigenvalue weighted by atomic mass is 16.5. The molecule has 104 valence electrons. The van der Waals surface area contributed by atoms with Crippen molar-refractivity contribution >= 4 is 11.9 Å². The molecule has 0 spiro atoms. The van der Waals surface area contributed by atoms with Gasteiger partial charge in [0.1, 0.15) is 6.54 Å². The van der Waals surface area contributed by atoms with Crippen molar-refractivity contribution in [3.05, 3.63) is 0 Å². The molecule has 1 aliphatic heterocycles. The molecule has 1 atom stereocenters. The van der Waals surface area contributed by atoms with E-state index < -0.39 is 0 Å². The number of esters is 1. The fraction of sp³-hybridized carbons (Fsp3) is 0.857. The smallest absolute Gasteiger partial charge is 0.325 e. The summed E-state index contributed by atoms with van der Waals surface area (Å²) in [6.07, 6.45) is 2.43. The SMILES string of the molecule is CCOC(=O)CN1CCC(C(C)(C)C)CCC1=O. The monoisotopic (exact) mass is 255 g/mol. The predicted octanol–water partition coefficient (Wildman–Crippen LogP) is 2.22. The molecule has 0 saturated carbocycles. The highest BCUT2D eigenvalue weighted by Crippen LogP contribution is 2.34. The second kappa shape index (κ2) is 6.21. The summed E-state index contributed by atoms with van der Waals surface area (Å²) in [5.41, 5.74) is 0.222. The molecule has 0 aromatic rings. The van der Waals surface area contributed by atoms with Crippen LogP contribution in [0.4, 0.5) is 0 Å². The van der Waals surface area contributed by atoms with Gasteiger partial charge in [-0.1, -0.05) is 20.8 Å². The number of likely N-dealkylation sites (tertiary alicyclic amines) is 1. The zero-order chi connectivity index (χ0) is 13.8. The summed E-state index contributed by atoms with van der Waals surface area (Å²) in [5, 5.41) is 0. The van der Waals surface area contributed by atoms with E-state index in [0.29, 0.717) is 25.5 Å². The maximum Gasteiger partial charge on any atom is 0.325 e. The van der Waals surface area contributed by atoms with Crippen LogP contribution in [0.3, 0.4) is 0 Å². The van der Waals surface area contributed by atoms with Gasteiger partial charge in [-0.15, -0.1) is 0 Å². The van der Waals surface area contributed by atoms with Crippen LogP contribution < -0.4 is 0 Å². The van der Waals surface area contributed by atoms with Crippen LogP contribution in [0.1, 0.15) is 47.0 Å². The van der Waals surface area contributed by atoms with Gasteiger partial charge in [-0.05, 0) is 31.1 Å². The van der Waals surface area contributed by atoms with E-state index in [1.54, 1.807) is 11.8 Å². The van der Waals surface area contributed by atoms with Crippen LogP contribution in [-0.2, 0) is 14.3 Å². The van der Waals surface area contributed by atoms with Gasteiger partial charge in [0.2, 0.25) is 5.91 Å². The van der Waals surface area contributed by atoms with Crippen molar-refractivity contribution in [2.45, 2.75) is 47.0 Å². The largest absolute Gasteiger partial charge is 0.465 e. The minimum atomic E-state index is -0.306. The quantitative estimate of drug-likeness (QED) is 0.726. The number of rotatable bonds is 3. The molecule has 18 heavy (non-hydrogen) atoms. The minimum Gasteiger partial charge on any atom is -0.465 e. The van der Waals surface area contributed by atoms with Gasteiger partial charge >= 0.3 is 5.97 Å². The van der Waals surface area contributed by atoms with Crippen molar-refractivity contribution in [3.8, 4) is 0 Å². The van der Waals surface area contributed by atoms with Crippen molar-refractivity contribution in [1.29, 1.82) is 0 Å². The molecule has 1 amide bonds. The van der Waals surface area contributed by atoms with Gasteiger partial charge in [0, 0.05) is 13.0 Å². The lowest BCUT2D eigenvalue weighted by Crippen LogP contribution is -2.36. The maximum atomic E-state index is 11.9. The third-order valence-corrected chi connectivity index (χ3v) is 3.66. The lowest BCUT2D eigenvalue weighted by molar-refractivity contribution is -0.148. The molecule has 0 N–H and O–H groups in total. The third kappa shape index (κ3) is 4.31. The molecule has 0 aromatic heterocycles. The molecule has 0 radical (unpaired) electrons. The van der Waals surface area contributed by atoms with E-state index in [1.807, 2.05) is 0 Å². The van der Waals surface area contributed by atoms with E-state index in [2.05, 4.69) is 20.8 Å². The van der Waals surface area contributed by atoms with Crippen molar-refractivity contribution in [3.63, 3.8) is 0 Å². The Balaban J connectivity index is 2.57. The van der Waals surface area contributed by atoms with E-state index in [1.165, 1.54) is 0 Å². The molecule has 1 heterocycles. The molecule has 1 fully saturated rings. The summed E-state index contributed by atoms with van der Waals surface area (Å²) in [6.45, 7) is 9.54. The molecule has 0 bridgehead atoms. The second-order valence-corrected chi connectivity index (χ2v) is 6.01. The Labute approximate surface area is 110 Å². The topological polar surface area (TPSA) is 46.6 Å². The van der Waals surface area contributed by atoms with Crippen molar-refractivity contribution in [1.82, 2.24) is 4.90 Å². The Hall–Kier alpha value is -1.06. The van der Waals surface area contributed by atoms with Crippen LogP contribution in [0, 0.1) is 11.3 Å². The van der Waals surface area contributed by atoms with E-state index in [0.717, 1.165) is 12.8 Å². The molecule has 1 rings (SSSR count). The molecule has 4 heteroatoms. The van der Waals surface area contributed by atoms with E-state index in [4.69, 9.17) is 4.74 Å². The molecule has 1 aliphatic rings. The van der Waals surface area contributed by atoms with Gasteiger partial charge < -0.3 is 9.64 Å². The first-order valence-electron chi connectivity index (χ1n) is 6.78. The number of amides is 1. The summed E-state index contributed by atoms with van der Waals surface area (Å²) in [7, 11) is 0. The molecular weight excluding hydrogens is 230 g/mol. The van der Waals surface area contributed by atoms with Gasteiger partial charge in [-0.3, -0.25) is 9.59 Å². The predicted molar refractivity (Wildman–Crippen MR) is 70.0 cm³/mol. The van der Waals surface area contributed by atoms with Gasteiger partial charge in [0.15, 0.2) is 0 Å². The average molecular weight is 255 g/mol. The summed E-state index contributed by atoms with van der Waals surface area (Å²) in [5.74, 6) is 0.309. The molecule has 0 aromatic carbocycles. The Kier molecular flexibility index (Phi) is 5.17. The molecule has 1 unspecified atom stereocenters. The summed E-state index contributed by atoms with van der Waals surface area (Å²) >= 11 is 0. The van der Waals surface area contributed by atoms with Gasteiger partial charge in [0.05, 0.1) is 6.61 Å². The van der Waals surface area contributed by atoms with Gasteiger partial charge in [-0.25, -0.2) is 0 Å². The standard InChI is InChI=1S/C14H25NO3/c1-5-18-13(17)10-15-9-8-11(14(2,3)4)6-7-12(15)16/h11H,5-10H2,1-4H3. The van der Waals surface area contributed by atoms with E-state index in [-0.39, 0.29) is 23.8 Å². The summed E-state index contributed by atoms with van der Waals surface area (Å²) < 4.78 is 4.90. The Bertz CT molecular complexity index is 307. The van der Waals surface area contributed by atoms with Crippen molar-refractivity contribution in [2.75, 3.05) is 19.7 Å². The minimum absolute atomic E-state index is 0.0785. The van der Waals surface area contributed by atoms with Crippen LogP contribution in [0.15, 0.2) is 0 Å². The first kappa shape index (κ1) is 15.0. The maximum absolute atomic E-state index is 11.9. The van der Waals surface area contributed by atoms with E-state index >= 15 is 0 Å². The third-order valence-electron chi connectivity index (χ3n) is 3.66. The average Bonchev–Trinajstić information content (AvgIpc) is 2.41. The lowest BCUT2D eigenvalue weighted by Gasteiger charge is -2.29. The molecule has 4 nitrogen and oxygen atoms in total. The molecule has 1 saturated heterocycles. The van der Waals surface area contributed by atoms with Crippen molar-refractivity contribution < 1.29 is 14.3 Å². The normalized spacial score (nSPS) is 21.7. The first-order chi connectivity index (χ1) is 8.34. The Morgan fingerprint density at radius 1 is 1.39 bits per heavy atom. The Morgan fingerprint density at radius 3 is 2.61 bits per heavy atom. The summed E-state index contributed by atoms with van der Waals surface area (Å²) in [6, 6.07) is 0. The number of nitrogens with zero attached hydrogens (tertiary/aromatic N) is 1. The van der Waals surface area contributed by atoms with Crippen LogP contribution in [0.5, 0.6) is 0 Å². The van der Waals surface area contributed by atoms with Crippen LogP contribution in [0.25, 0.3) is 0 Å². The molecule has 0 aliphatic carbocycles. The summed E-state index contributed by atoms with van der Waals surface area (Å²) in [4.78, 5) is 25.0. The van der Waals surface area contributed by atoms with Crippen LogP contribution in [-0.4, -0.2) is 36.5 Å². The highest BCUT2D eigenvalue weighted by Gasteiger charge is 2.30. The van der Waals surface area contributed by atoms with Gasteiger partial charge in [-0.2, -0.15) is 0 Å². The number of hydrogen-bond acceptors (Lipinski definition) is 3. The van der Waals surface area contributed by atoms with E-state index in [9.17, 15) is 9.59 Å². The first-order valence-corrected chi connectivity index (χ1v) is 6.78. The zero-order valence-electron chi connectivity index (χ0n) is 12.0. The lowest BCUT2D eigenvalue weighted by atomic mass is 9.77. The fourth-order valence-electron chi connectivity index (χ4n) is 2.43. The van der Waals surface area contributed by atoms with Crippen LogP contribution in [0.2, 0.25) is 0 Å². The second-order valence-electron chi connectivity index (χ2n) is 6.01. The molecular formula is C14H25NO3. The number of hydrogen-bond donors (Lipinski definition) is 0. The fourth-order valence-corrected chi connectivity index (χ4v) is 2.43. The number of carbonyl (C=O) groups is 2.